The molecule has 1 rings (SSSR count). The zero-order valence-corrected chi connectivity index (χ0v) is 12.0. The largest absolute Gasteiger partial charge is 0.386 e. The summed E-state index contributed by atoms with van der Waals surface area (Å²) in [7, 11) is -3.97. The van der Waals surface area contributed by atoms with Gasteiger partial charge in [0.15, 0.2) is 0 Å². The Morgan fingerprint density at radius 3 is 2.33 bits per heavy atom. The summed E-state index contributed by atoms with van der Waals surface area (Å²) in [4.78, 5) is 10.6. The maximum Gasteiger partial charge on any atom is 0.265 e. The molecular formula is C12H16F2N2O4S. The highest BCUT2D eigenvalue weighted by Gasteiger charge is 2.21. The number of hydrogen-bond acceptors (Lipinski definition) is 4. The van der Waals surface area contributed by atoms with E-state index < -0.39 is 29.1 Å². The van der Waals surface area contributed by atoms with Gasteiger partial charge in [0.05, 0.1) is 4.90 Å². The number of benzene rings is 1. The Kier molecular flexibility index (Phi) is 6.19. The van der Waals surface area contributed by atoms with Gasteiger partial charge in [-0.1, -0.05) is 12.1 Å². The molecule has 1 atom stereocenters. The lowest BCUT2D eigenvalue weighted by Crippen LogP contribution is -2.35. The summed E-state index contributed by atoms with van der Waals surface area (Å²) in [5.41, 5.74) is 0.691. The van der Waals surface area contributed by atoms with Gasteiger partial charge >= 0.3 is 0 Å². The minimum absolute atomic E-state index is 0.115. The van der Waals surface area contributed by atoms with Crippen LogP contribution in [0.15, 0.2) is 29.2 Å². The molecule has 0 saturated carbocycles. The highest BCUT2D eigenvalue weighted by molar-refractivity contribution is 7.89. The number of rotatable bonds is 7. The lowest BCUT2D eigenvalue weighted by atomic mass is 10.2. The van der Waals surface area contributed by atoms with Crippen LogP contribution in [0.25, 0.3) is 0 Å². The van der Waals surface area contributed by atoms with E-state index >= 15 is 0 Å². The normalized spacial score (nSPS) is 13.2. The zero-order chi connectivity index (χ0) is 16.0. The molecule has 1 unspecified atom stereocenters. The molecule has 1 aromatic rings. The molecular weight excluding hydrogens is 306 g/mol. The Balaban J connectivity index is 2.69. The van der Waals surface area contributed by atoms with E-state index in [0.717, 1.165) is 0 Å². The van der Waals surface area contributed by atoms with E-state index in [1.165, 1.54) is 31.2 Å². The summed E-state index contributed by atoms with van der Waals surface area (Å²) >= 11 is 0. The van der Waals surface area contributed by atoms with Gasteiger partial charge in [0.25, 0.3) is 6.43 Å². The van der Waals surface area contributed by atoms with Gasteiger partial charge in [0.1, 0.15) is 6.10 Å². The smallest absolute Gasteiger partial charge is 0.265 e. The van der Waals surface area contributed by atoms with Crippen LogP contribution in [0.1, 0.15) is 12.5 Å². The molecule has 0 heterocycles. The van der Waals surface area contributed by atoms with E-state index in [9.17, 15) is 22.0 Å². The number of hydrogen-bond donors (Lipinski definition) is 3. The standard InChI is InChI=1S/C12H16F2N2O4S/c1-8(17)15-6-9-2-4-10(5-3-9)21(19,20)16-7-11(18)12(13)14/h2-5,11-12,16,18H,6-7H2,1H3,(H,15,17). The maximum absolute atomic E-state index is 12.1. The molecule has 6 nitrogen and oxygen atoms in total. The van der Waals surface area contributed by atoms with Crippen molar-refractivity contribution in [3.8, 4) is 0 Å². The van der Waals surface area contributed by atoms with Gasteiger partial charge in [0.2, 0.25) is 15.9 Å². The van der Waals surface area contributed by atoms with Crippen LogP contribution >= 0.6 is 0 Å². The van der Waals surface area contributed by atoms with E-state index in [4.69, 9.17) is 5.11 Å². The molecule has 9 heteroatoms. The number of aliphatic hydroxyl groups excluding tert-OH is 1. The minimum Gasteiger partial charge on any atom is -0.386 e. The van der Waals surface area contributed by atoms with E-state index in [-0.39, 0.29) is 17.3 Å². The van der Waals surface area contributed by atoms with Gasteiger partial charge in [-0.3, -0.25) is 4.79 Å². The number of alkyl halides is 2. The Bertz CT molecular complexity index is 575. The van der Waals surface area contributed by atoms with Crippen LogP contribution < -0.4 is 10.0 Å². The van der Waals surface area contributed by atoms with Crippen LogP contribution in [0.4, 0.5) is 8.78 Å². The highest BCUT2D eigenvalue weighted by Crippen LogP contribution is 2.11. The van der Waals surface area contributed by atoms with Gasteiger partial charge < -0.3 is 10.4 Å². The molecule has 0 aromatic heterocycles. The van der Waals surface area contributed by atoms with Gasteiger partial charge in [0, 0.05) is 20.0 Å². The van der Waals surface area contributed by atoms with Gasteiger partial charge in [-0.25, -0.2) is 21.9 Å². The van der Waals surface area contributed by atoms with E-state index in [1.54, 1.807) is 0 Å². The maximum atomic E-state index is 12.1. The second-order valence-corrected chi connectivity index (χ2v) is 6.07. The highest BCUT2D eigenvalue weighted by atomic mass is 32.2. The molecule has 3 N–H and O–H groups in total. The predicted octanol–water partition coefficient (Wildman–Crippen LogP) is 0.227. The summed E-state index contributed by atoms with van der Waals surface area (Å²) in [5.74, 6) is -0.214. The third-order valence-electron chi connectivity index (χ3n) is 2.55. The number of carbonyl (C=O) groups is 1. The van der Waals surface area contributed by atoms with Crippen molar-refractivity contribution >= 4 is 15.9 Å². The van der Waals surface area contributed by atoms with Gasteiger partial charge in [-0.2, -0.15) is 0 Å². The quantitative estimate of drug-likeness (QED) is 0.669. The van der Waals surface area contributed by atoms with Crippen LogP contribution in [0.2, 0.25) is 0 Å². The SMILES string of the molecule is CC(=O)NCc1ccc(S(=O)(=O)NCC(O)C(F)F)cc1. The Morgan fingerprint density at radius 1 is 1.29 bits per heavy atom. The van der Waals surface area contributed by atoms with Crippen molar-refractivity contribution in [2.45, 2.75) is 30.9 Å². The van der Waals surface area contributed by atoms with Gasteiger partial charge in [-0.05, 0) is 17.7 Å². The summed E-state index contributed by atoms with van der Waals surface area (Å²) in [6.45, 7) is 0.845. The van der Waals surface area contributed by atoms with Crippen molar-refractivity contribution < 1.29 is 27.1 Å². The van der Waals surface area contributed by atoms with Crippen molar-refractivity contribution in [3.63, 3.8) is 0 Å². The lowest BCUT2D eigenvalue weighted by molar-refractivity contribution is -0.119. The molecule has 118 valence electrons. The first-order valence-corrected chi connectivity index (χ1v) is 7.50. The molecule has 0 saturated heterocycles. The summed E-state index contributed by atoms with van der Waals surface area (Å²) in [6.07, 6.45) is -5.08. The topological polar surface area (TPSA) is 95.5 Å². The van der Waals surface area contributed by atoms with Crippen LogP contribution in [-0.2, 0) is 21.4 Å². The van der Waals surface area contributed by atoms with Crippen LogP contribution in [0.3, 0.4) is 0 Å². The Hall–Kier alpha value is -1.58. The van der Waals surface area contributed by atoms with Crippen molar-refractivity contribution in [2.75, 3.05) is 6.54 Å². The Labute approximate surface area is 121 Å². The van der Waals surface area contributed by atoms with Crippen LogP contribution in [0, 0.1) is 0 Å². The molecule has 0 aliphatic carbocycles. The number of aliphatic hydroxyl groups is 1. The average molecular weight is 322 g/mol. The molecule has 0 aliphatic heterocycles. The third kappa shape index (κ3) is 5.74. The molecule has 21 heavy (non-hydrogen) atoms. The molecule has 0 radical (unpaired) electrons. The fraction of sp³-hybridized carbons (Fsp3) is 0.417. The second kappa shape index (κ2) is 7.43. The van der Waals surface area contributed by atoms with E-state index in [1.807, 2.05) is 4.72 Å². The average Bonchev–Trinajstić information content (AvgIpc) is 2.43. The minimum atomic E-state index is -3.97. The van der Waals surface area contributed by atoms with E-state index in [0.29, 0.717) is 5.56 Å². The van der Waals surface area contributed by atoms with Crippen molar-refractivity contribution in [3.05, 3.63) is 29.8 Å². The summed E-state index contributed by atoms with van der Waals surface area (Å²) in [6, 6.07) is 5.56. The molecule has 0 fully saturated rings. The van der Waals surface area contributed by atoms with E-state index in [2.05, 4.69) is 5.32 Å². The Morgan fingerprint density at radius 2 is 1.86 bits per heavy atom. The fourth-order valence-corrected chi connectivity index (χ4v) is 2.43. The summed E-state index contributed by atoms with van der Waals surface area (Å²) in [5, 5.41) is 11.4. The predicted molar refractivity (Wildman–Crippen MR) is 71.2 cm³/mol. The number of amides is 1. The number of nitrogens with one attached hydrogen (secondary N) is 2. The first-order chi connectivity index (χ1) is 9.72. The lowest BCUT2D eigenvalue weighted by Gasteiger charge is -2.11. The second-order valence-electron chi connectivity index (χ2n) is 4.31. The monoisotopic (exact) mass is 322 g/mol. The number of halogens is 2. The zero-order valence-electron chi connectivity index (χ0n) is 11.2. The fourth-order valence-electron chi connectivity index (χ4n) is 1.38. The molecule has 1 aromatic carbocycles. The number of sulfonamides is 1. The molecule has 0 bridgehead atoms. The molecule has 1 amide bonds. The van der Waals surface area contributed by atoms with Crippen molar-refractivity contribution in [1.29, 1.82) is 0 Å². The third-order valence-corrected chi connectivity index (χ3v) is 3.99. The van der Waals surface area contributed by atoms with Gasteiger partial charge in [-0.15, -0.1) is 0 Å². The van der Waals surface area contributed by atoms with Crippen molar-refractivity contribution in [1.82, 2.24) is 10.0 Å². The summed E-state index contributed by atoms with van der Waals surface area (Å²) < 4.78 is 49.7. The van der Waals surface area contributed by atoms with Crippen LogP contribution in [-0.4, -0.2) is 38.5 Å². The van der Waals surface area contributed by atoms with Crippen molar-refractivity contribution in [2.24, 2.45) is 0 Å². The number of carbonyl (C=O) groups excluding carboxylic acids is 1. The molecule has 0 spiro atoms. The molecule has 0 aliphatic rings. The first-order valence-electron chi connectivity index (χ1n) is 6.01. The first kappa shape index (κ1) is 17.5. The van der Waals surface area contributed by atoms with Crippen LogP contribution in [0.5, 0.6) is 0 Å².